The number of rotatable bonds is 3. The van der Waals surface area contributed by atoms with E-state index in [-0.39, 0.29) is 6.10 Å². The Kier molecular flexibility index (Phi) is 4.40. The molecule has 0 spiro atoms. The average Bonchev–Trinajstić information content (AvgIpc) is 2.04. The molecule has 2 atom stereocenters. The van der Waals surface area contributed by atoms with Gasteiger partial charge in [-0.05, 0) is 31.1 Å². The second-order valence-electron chi connectivity index (χ2n) is 3.84. The first kappa shape index (κ1) is 10.4. The number of aliphatic hydroxyl groups excluding tert-OH is 1. The van der Waals surface area contributed by atoms with E-state index >= 15 is 0 Å². The van der Waals surface area contributed by atoms with Crippen LogP contribution in [0.1, 0.15) is 19.8 Å². The highest BCUT2D eigenvalue weighted by molar-refractivity contribution is 7.80. The molecule has 1 heterocycles. The maximum absolute atomic E-state index is 9.40. The average molecular weight is 189 g/mol. The first-order valence-corrected chi connectivity index (χ1v) is 5.37. The summed E-state index contributed by atoms with van der Waals surface area (Å²) < 4.78 is 0. The second-order valence-corrected chi connectivity index (χ2v) is 4.21. The molecule has 2 unspecified atom stereocenters. The van der Waals surface area contributed by atoms with Gasteiger partial charge >= 0.3 is 0 Å². The molecule has 0 aromatic rings. The summed E-state index contributed by atoms with van der Waals surface area (Å²) in [4.78, 5) is 2.34. The topological polar surface area (TPSA) is 23.5 Å². The van der Waals surface area contributed by atoms with Crippen LogP contribution in [0, 0.1) is 5.92 Å². The lowest BCUT2D eigenvalue weighted by Gasteiger charge is -2.31. The molecule has 1 N–H and O–H groups in total. The Morgan fingerprint density at radius 3 is 3.00 bits per heavy atom. The zero-order chi connectivity index (χ0) is 8.97. The number of hydrogen-bond donors (Lipinski definition) is 2. The third-order valence-electron chi connectivity index (χ3n) is 2.36. The van der Waals surface area contributed by atoms with Crippen molar-refractivity contribution in [3.63, 3.8) is 0 Å². The Morgan fingerprint density at radius 1 is 1.67 bits per heavy atom. The van der Waals surface area contributed by atoms with Gasteiger partial charge in [-0.1, -0.05) is 6.92 Å². The Balaban J connectivity index is 2.22. The number of nitrogens with zero attached hydrogens (tertiary/aromatic N) is 1. The van der Waals surface area contributed by atoms with Crippen molar-refractivity contribution in [1.82, 2.24) is 4.90 Å². The van der Waals surface area contributed by atoms with Gasteiger partial charge in [-0.15, -0.1) is 0 Å². The smallest absolute Gasteiger partial charge is 0.0667 e. The molecule has 2 nitrogen and oxygen atoms in total. The molecule has 12 heavy (non-hydrogen) atoms. The predicted octanol–water partition coefficient (Wildman–Crippen LogP) is 1.01. The van der Waals surface area contributed by atoms with E-state index in [0.717, 1.165) is 38.2 Å². The molecule has 0 radical (unpaired) electrons. The van der Waals surface area contributed by atoms with Gasteiger partial charge in [0.05, 0.1) is 6.10 Å². The predicted molar refractivity (Wildman–Crippen MR) is 54.7 cm³/mol. The van der Waals surface area contributed by atoms with Crippen LogP contribution in [0.2, 0.25) is 0 Å². The Labute approximate surface area is 80.4 Å². The van der Waals surface area contributed by atoms with Crippen molar-refractivity contribution in [3.8, 4) is 0 Å². The highest BCUT2D eigenvalue weighted by atomic mass is 32.1. The number of likely N-dealkylation sites (tertiary alicyclic amines) is 1. The standard InChI is InChI=1S/C9H19NOS/c1-8(7-12)5-10-4-2-3-9(11)6-10/h8-9,11-12H,2-7H2,1H3. The van der Waals surface area contributed by atoms with Crippen molar-refractivity contribution in [1.29, 1.82) is 0 Å². The van der Waals surface area contributed by atoms with Gasteiger partial charge in [-0.25, -0.2) is 0 Å². The van der Waals surface area contributed by atoms with Crippen LogP contribution < -0.4 is 0 Å². The summed E-state index contributed by atoms with van der Waals surface area (Å²) >= 11 is 4.25. The minimum absolute atomic E-state index is 0.0918. The summed E-state index contributed by atoms with van der Waals surface area (Å²) in [5.74, 6) is 1.57. The summed E-state index contributed by atoms with van der Waals surface area (Å²) in [6.07, 6.45) is 2.03. The van der Waals surface area contributed by atoms with E-state index in [2.05, 4.69) is 24.5 Å². The maximum atomic E-state index is 9.40. The largest absolute Gasteiger partial charge is 0.392 e. The van der Waals surface area contributed by atoms with E-state index in [1.54, 1.807) is 0 Å². The van der Waals surface area contributed by atoms with Crippen LogP contribution in [0.15, 0.2) is 0 Å². The van der Waals surface area contributed by atoms with Crippen LogP contribution in [0.4, 0.5) is 0 Å². The molecule has 0 bridgehead atoms. The van der Waals surface area contributed by atoms with Crippen molar-refractivity contribution in [2.24, 2.45) is 5.92 Å². The van der Waals surface area contributed by atoms with Gasteiger partial charge in [0, 0.05) is 13.1 Å². The molecular formula is C9H19NOS. The van der Waals surface area contributed by atoms with E-state index in [1.807, 2.05) is 0 Å². The molecule has 0 aliphatic carbocycles. The fraction of sp³-hybridized carbons (Fsp3) is 1.00. The molecule has 0 aromatic carbocycles. The lowest BCUT2D eigenvalue weighted by Crippen LogP contribution is -2.40. The Bertz CT molecular complexity index is 132. The molecule has 1 saturated heterocycles. The summed E-state index contributed by atoms with van der Waals surface area (Å²) in [5.41, 5.74) is 0. The van der Waals surface area contributed by atoms with E-state index in [0.29, 0.717) is 5.92 Å². The molecule has 0 aromatic heterocycles. The number of aliphatic hydroxyl groups is 1. The zero-order valence-electron chi connectivity index (χ0n) is 7.74. The van der Waals surface area contributed by atoms with Gasteiger partial charge in [0.25, 0.3) is 0 Å². The van der Waals surface area contributed by atoms with E-state index in [9.17, 15) is 5.11 Å². The fourth-order valence-electron chi connectivity index (χ4n) is 1.70. The minimum Gasteiger partial charge on any atom is -0.392 e. The molecule has 0 amide bonds. The Hall–Kier alpha value is 0.270. The van der Waals surface area contributed by atoms with E-state index in [1.165, 1.54) is 0 Å². The molecule has 0 saturated carbocycles. The van der Waals surface area contributed by atoms with Crippen LogP contribution in [0.3, 0.4) is 0 Å². The van der Waals surface area contributed by atoms with Gasteiger partial charge in [0.1, 0.15) is 0 Å². The first-order valence-electron chi connectivity index (χ1n) is 4.73. The highest BCUT2D eigenvalue weighted by Gasteiger charge is 2.18. The third kappa shape index (κ3) is 3.33. The van der Waals surface area contributed by atoms with Crippen molar-refractivity contribution in [3.05, 3.63) is 0 Å². The van der Waals surface area contributed by atoms with Crippen LogP contribution in [0.5, 0.6) is 0 Å². The van der Waals surface area contributed by atoms with Crippen LogP contribution in [-0.2, 0) is 0 Å². The van der Waals surface area contributed by atoms with Gasteiger partial charge < -0.3 is 10.0 Å². The second kappa shape index (κ2) is 5.10. The lowest BCUT2D eigenvalue weighted by atomic mass is 10.1. The van der Waals surface area contributed by atoms with Gasteiger partial charge in [-0.3, -0.25) is 0 Å². The van der Waals surface area contributed by atoms with Crippen molar-refractivity contribution >= 4 is 12.6 Å². The lowest BCUT2D eigenvalue weighted by molar-refractivity contribution is 0.0651. The summed E-state index contributed by atoms with van der Waals surface area (Å²) in [6, 6.07) is 0. The molecule has 1 rings (SSSR count). The molecular weight excluding hydrogens is 170 g/mol. The zero-order valence-corrected chi connectivity index (χ0v) is 8.63. The van der Waals surface area contributed by atoms with Gasteiger partial charge in [0.15, 0.2) is 0 Å². The minimum atomic E-state index is -0.0918. The molecule has 1 aliphatic heterocycles. The quantitative estimate of drug-likeness (QED) is 0.647. The molecule has 72 valence electrons. The number of hydrogen-bond acceptors (Lipinski definition) is 3. The fourth-order valence-corrected chi connectivity index (χ4v) is 1.81. The monoisotopic (exact) mass is 189 g/mol. The molecule has 3 heteroatoms. The number of thiol groups is 1. The van der Waals surface area contributed by atoms with Crippen LogP contribution in [-0.4, -0.2) is 41.5 Å². The first-order chi connectivity index (χ1) is 5.72. The highest BCUT2D eigenvalue weighted by Crippen LogP contribution is 2.11. The van der Waals surface area contributed by atoms with Crippen LogP contribution in [0.25, 0.3) is 0 Å². The number of β-amino-alcohol motifs (C(OH)–C–C–N with tert-alkyl or cyclic N) is 1. The molecule has 1 fully saturated rings. The Morgan fingerprint density at radius 2 is 2.42 bits per heavy atom. The SMILES string of the molecule is CC(CS)CN1CCCC(O)C1. The summed E-state index contributed by atoms with van der Waals surface area (Å²) in [7, 11) is 0. The third-order valence-corrected chi connectivity index (χ3v) is 2.99. The normalized spacial score (nSPS) is 28.8. The summed E-state index contributed by atoms with van der Waals surface area (Å²) in [5, 5.41) is 9.40. The maximum Gasteiger partial charge on any atom is 0.0667 e. The number of piperidine rings is 1. The van der Waals surface area contributed by atoms with Crippen LogP contribution >= 0.6 is 12.6 Å². The van der Waals surface area contributed by atoms with Crippen molar-refractivity contribution in [2.75, 3.05) is 25.4 Å². The van der Waals surface area contributed by atoms with E-state index < -0.39 is 0 Å². The van der Waals surface area contributed by atoms with Crippen molar-refractivity contribution in [2.45, 2.75) is 25.9 Å². The summed E-state index contributed by atoms with van der Waals surface area (Å²) in [6.45, 7) is 5.29. The van der Waals surface area contributed by atoms with Gasteiger partial charge in [-0.2, -0.15) is 12.6 Å². The van der Waals surface area contributed by atoms with E-state index in [4.69, 9.17) is 0 Å². The van der Waals surface area contributed by atoms with Crippen molar-refractivity contribution < 1.29 is 5.11 Å². The van der Waals surface area contributed by atoms with Gasteiger partial charge in [0.2, 0.25) is 0 Å². The molecule has 1 aliphatic rings.